The van der Waals surface area contributed by atoms with Crippen LogP contribution in [0.25, 0.3) is 0 Å². The third kappa shape index (κ3) is 4.99. The number of sulfonamides is 1. The van der Waals surface area contributed by atoms with Gasteiger partial charge in [0.05, 0.1) is 4.90 Å². The fourth-order valence-electron chi connectivity index (χ4n) is 2.84. The number of ether oxygens (including phenoxy) is 1. The Hall–Kier alpha value is -1.65. The monoisotopic (exact) mass is 500 g/mol. The van der Waals surface area contributed by atoms with Gasteiger partial charge in [-0.2, -0.15) is 4.72 Å². The van der Waals surface area contributed by atoms with Crippen LogP contribution in [0.2, 0.25) is 0 Å². The van der Waals surface area contributed by atoms with Crippen LogP contribution in [0, 0.1) is 6.92 Å². The van der Waals surface area contributed by atoms with Crippen LogP contribution < -0.4 is 4.72 Å². The van der Waals surface area contributed by atoms with E-state index in [0.29, 0.717) is 13.0 Å². The van der Waals surface area contributed by atoms with E-state index in [0.717, 1.165) is 11.1 Å². The van der Waals surface area contributed by atoms with E-state index in [-0.39, 0.29) is 15.4 Å². The molecule has 0 radical (unpaired) electrons. The van der Waals surface area contributed by atoms with Gasteiger partial charge in [0.1, 0.15) is 12.8 Å². The molecule has 1 heterocycles. The summed E-state index contributed by atoms with van der Waals surface area (Å²) in [6, 6.07) is 16.0. The largest absolute Gasteiger partial charge is 0.445 e. The third-order valence-corrected chi connectivity index (χ3v) is 7.12. The average molecular weight is 500 g/mol. The van der Waals surface area contributed by atoms with Gasteiger partial charge < -0.3 is 4.74 Å². The number of amides is 1. The molecule has 0 saturated carbocycles. The van der Waals surface area contributed by atoms with E-state index in [1.165, 1.54) is 4.90 Å². The number of carbonyl (C=O) groups is 1. The van der Waals surface area contributed by atoms with E-state index in [1.54, 1.807) is 24.3 Å². The highest BCUT2D eigenvalue weighted by Crippen LogP contribution is 2.26. The van der Waals surface area contributed by atoms with Gasteiger partial charge in [-0.15, -0.1) is 0 Å². The van der Waals surface area contributed by atoms with E-state index in [9.17, 15) is 13.2 Å². The van der Waals surface area contributed by atoms with E-state index >= 15 is 0 Å². The normalized spacial score (nSPS) is 19.9. The van der Waals surface area contributed by atoms with Crippen molar-refractivity contribution in [2.75, 3.05) is 6.54 Å². The topological polar surface area (TPSA) is 75.7 Å². The highest BCUT2D eigenvalue weighted by Gasteiger charge is 2.39. The van der Waals surface area contributed by atoms with Crippen LogP contribution in [0.4, 0.5) is 4.79 Å². The van der Waals surface area contributed by atoms with Gasteiger partial charge in [-0.1, -0.05) is 70.6 Å². The zero-order valence-corrected chi connectivity index (χ0v) is 17.8. The Morgan fingerprint density at radius 2 is 1.85 bits per heavy atom. The van der Waals surface area contributed by atoms with Crippen molar-refractivity contribution in [3.05, 3.63) is 65.7 Å². The second kappa shape index (κ2) is 8.57. The standard InChI is InChI=1S/C19H21IN2O4S/c1-14-7-9-16(10-8-14)27(24,25)21-18-17(20)11-12-22(18)19(23)26-13-15-5-3-2-4-6-15/h2-10,17-18,21H,11-13H2,1H3/t17-,18-/m1/s1. The molecule has 6 nitrogen and oxygen atoms in total. The zero-order valence-electron chi connectivity index (χ0n) is 14.8. The fraction of sp³-hybridized carbons (Fsp3) is 0.316. The lowest BCUT2D eigenvalue weighted by Gasteiger charge is -2.26. The quantitative estimate of drug-likeness (QED) is 0.504. The molecule has 3 rings (SSSR count). The van der Waals surface area contributed by atoms with E-state index in [2.05, 4.69) is 27.3 Å². The van der Waals surface area contributed by atoms with Gasteiger partial charge in [0.15, 0.2) is 0 Å². The van der Waals surface area contributed by atoms with E-state index in [1.807, 2.05) is 37.3 Å². The lowest BCUT2D eigenvalue weighted by Crippen LogP contribution is -2.50. The van der Waals surface area contributed by atoms with Crippen molar-refractivity contribution >= 4 is 38.7 Å². The van der Waals surface area contributed by atoms with Crippen LogP contribution in [0.15, 0.2) is 59.5 Å². The molecule has 2 atom stereocenters. The molecule has 1 saturated heterocycles. The third-order valence-electron chi connectivity index (χ3n) is 4.37. The predicted octanol–water partition coefficient (Wildman–Crippen LogP) is 3.45. The average Bonchev–Trinajstić information content (AvgIpc) is 3.01. The Kier molecular flexibility index (Phi) is 6.38. The molecule has 8 heteroatoms. The van der Waals surface area contributed by atoms with Crippen molar-refractivity contribution in [2.45, 2.75) is 34.9 Å². The van der Waals surface area contributed by atoms with Crippen molar-refractivity contribution in [1.29, 1.82) is 0 Å². The van der Waals surface area contributed by atoms with E-state index in [4.69, 9.17) is 4.74 Å². The molecule has 1 N–H and O–H groups in total. The summed E-state index contributed by atoms with van der Waals surface area (Å²) in [5.74, 6) is 0. The molecule has 0 unspecified atom stereocenters. The smallest absolute Gasteiger partial charge is 0.411 e. The number of likely N-dealkylation sites (tertiary alicyclic amines) is 1. The molecule has 1 aliphatic rings. The number of rotatable bonds is 5. The van der Waals surface area contributed by atoms with Crippen molar-refractivity contribution in [2.24, 2.45) is 0 Å². The highest BCUT2D eigenvalue weighted by molar-refractivity contribution is 14.1. The van der Waals surface area contributed by atoms with Crippen LogP contribution in [-0.4, -0.2) is 36.0 Å². The first-order valence-electron chi connectivity index (χ1n) is 8.57. The minimum absolute atomic E-state index is 0.0351. The summed E-state index contributed by atoms with van der Waals surface area (Å²) in [4.78, 5) is 14.1. The number of halogens is 1. The van der Waals surface area contributed by atoms with Crippen molar-refractivity contribution in [3.63, 3.8) is 0 Å². The number of hydrogen-bond acceptors (Lipinski definition) is 4. The molecule has 1 amide bonds. The number of nitrogens with one attached hydrogen (secondary N) is 1. The summed E-state index contributed by atoms with van der Waals surface area (Å²) in [5.41, 5.74) is 1.86. The second-order valence-corrected chi connectivity index (χ2v) is 9.73. The molecule has 2 aromatic carbocycles. The Morgan fingerprint density at radius 1 is 1.19 bits per heavy atom. The molecule has 27 heavy (non-hydrogen) atoms. The van der Waals surface area contributed by atoms with Crippen molar-refractivity contribution in [3.8, 4) is 0 Å². The molecule has 0 bridgehead atoms. The minimum Gasteiger partial charge on any atom is -0.445 e. The summed E-state index contributed by atoms with van der Waals surface area (Å²) in [6.45, 7) is 2.49. The van der Waals surface area contributed by atoms with Crippen LogP contribution in [0.5, 0.6) is 0 Å². The predicted molar refractivity (Wildman–Crippen MR) is 111 cm³/mol. The number of aryl methyl sites for hydroxylation is 1. The zero-order chi connectivity index (χ0) is 19.4. The molecule has 0 spiro atoms. The Morgan fingerprint density at radius 3 is 2.52 bits per heavy atom. The SMILES string of the molecule is Cc1ccc(S(=O)(=O)N[C@H]2[C@H](I)CCN2C(=O)OCc2ccccc2)cc1. The maximum Gasteiger partial charge on any atom is 0.411 e. The van der Waals surface area contributed by atoms with Crippen molar-refractivity contribution < 1.29 is 17.9 Å². The Labute approximate surface area is 173 Å². The molecule has 0 aromatic heterocycles. The fourth-order valence-corrected chi connectivity index (χ4v) is 5.17. The van der Waals surface area contributed by atoms with Crippen LogP contribution in [0.1, 0.15) is 17.5 Å². The first kappa shape index (κ1) is 20.1. The highest BCUT2D eigenvalue weighted by atomic mass is 127. The van der Waals surface area contributed by atoms with Gasteiger partial charge in [0.25, 0.3) is 0 Å². The minimum atomic E-state index is -3.73. The van der Waals surface area contributed by atoms with Gasteiger partial charge in [0, 0.05) is 10.5 Å². The van der Waals surface area contributed by atoms with Crippen LogP contribution in [0.3, 0.4) is 0 Å². The van der Waals surface area contributed by atoms with E-state index < -0.39 is 22.3 Å². The molecule has 0 aliphatic carbocycles. The molecule has 1 aliphatic heterocycles. The second-order valence-electron chi connectivity index (χ2n) is 6.42. The summed E-state index contributed by atoms with van der Waals surface area (Å²) in [5, 5.41) is 0. The Balaban J connectivity index is 1.69. The van der Waals surface area contributed by atoms with Gasteiger partial charge in [-0.3, -0.25) is 4.90 Å². The van der Waals surface area contributed by atoms with Crippen molar-refractivity contribution in [1.82, 2.24) is 9.62 Å². The molecular weight excluding hydrogens is 479 g/mol. The first-order chi connectivity index (χ1) is 12.9. The van der Waals surface area contributed by atoms with Gasteiger partial charge >= 0.3 is 6.09 Å². The summed E-state index contributed by atoms with van der Waals surface area (Å²) < 4.78 is 33.4. The van der Waals surface area contributed by atoms with Gasteiger partial charge in [-0.25, -0.2) is 13.2 Å². The Bertz CT molecular complexity index is 888. The van der Waals surface area contributed by atoms with Gasteiger partial charge in [-0.05, 0) is 31.0 Å². The molecular formula is C19H21IN2O4S. The molecule has 2 aromatic rings. The summed E-state index contributed by atoms with van der Waals surface area (Å²) >= 11 is 2.17. The van der Waals surface area contributed by atoms with Crippen LogP contribution >= 0.6 is 22.6 Å². The maximum atomic E-state index is 12.7. The lowest BCUT2D eigenvalue weighted by molar-refractivity contribution is 0.0913. The number of carbonyl (C=O) groups excluding carboxylic acids is 1. The summed E-state index contributed by atoms with van der Waals surface area (Å²) in [7, 11) is -3.73. The summed E-state index contributed by atoms with van der Waals surface area (Å²) in [6.07, 6.45) is -0.461. The number of alkyl halides is 1. The lowest BCUT2D eigenvalue weighted by atomic mass is 10.2. The molecule has 144 valence electrons. The first-order valence-corrected chi connectivity index (χ1v) is 11.3. The number of benzene rings is 2. The number of nitrogens with zero attached hydrogens (tertiary/aromatic N) is 1. The van der Waals surface area contributed by atoms with Crippen LogP contribution in [-0.2, 0) is 21.4 Å². The maximum absolute atomic E-state index is 12.7. The molecule has 1 fully saturated rings. The van der Waals surface area contributed by atoms with Gasteiger partial charge in [0.2, 0.25) is 10.0 Å². The number of hydrogen-bond donors (Lipinski definition) is 1.